The highest BCUT2D eigenvalue weighted by atomic mass is 16.6. The number of aryl methyl sites for hydroxylation is 1. The molecule has 4 aromatic rings. The molecule has 8 heteroatoms. The molecule has 38 heavy (non-hydrogen) atoms. The largest absolute Gasteiger partial charge is 0.457 e. The number of alkyl carbamates (subject to hydrolysis) is 1. The number of hydrogen-bond acceptors (Lipinski definition) is 7. The topological polar surface area (TPSA) is 104 Å². The highest BCUT2D eigenvalue weighted by molar-refractivity contribution is 5.85. The lowest BCUT2D eigenvalue weighted by atomic mass is 9.99. The normalized spacial score (nSPS) is 12.4. The summed E-state index contributed by atoms with van der Waals surface area (Å²) < 4.78 is 22.4. The molecule has 0 aliphatic heterocycles. The van der Waals surface area contributed by atoms with Crippen molar-refractivity contribution in [3.05, 3.63) is 100 Å². The lowest BCUT2D eigenvalue weighted by Gasteiger charge is -2.22. The minimum absolute atomic E-state index is 0.0774. The smallest absolute Gasteiger partial charge is 0.408 e. The Morgan fingerprint density at radius 2 is 1.63 bits per heavy atom. The van der Waals surface area contributed by atoms with Crippen LogP contribution in [0.15, 0.2) is 88.1 Å². The first-order valence-electron chi connectivity index (χ1n) is 12.3. The first kappa shape index (κ1) is 26.5. The molecule has 2 atom stereocenters. The van der Waals surface area contributed by atoms with Crippen molar-refractivity contribution in [2.24, 2.45) is 5.92 Å². The summed E-state index contributed by atoms with van der Waals surface area (Å²) in [5.74, 6) is 0.190. The van der Waals surface area contributed by atoms with Gasteiger partial charge in [-0.25, -0.2) is 9.59 Å². The standard InChI is InChI=1S/C30H29NO7/c1-4-19(2)26(31-30(34)35-18-21-11-7-5-8-12-21)29(33)38-23-15-16-24-25(17-23)36-20(3)28(27(24)32)37-22-13-9-6-10-14-22/h5-17,19,26H,4,18H2,1-3H3,(H,31,34)/t19-,26-/m0/s1. The van der Waals surface area contributed by atoms with E-state index in [9.17, 15) is 14.4 Å². The van der Waals surface area contributed by atoms with Crippen LogP contribution in [0.2, 0.25) is 0 Å². The molecule has 0 radical (unpaired) electrons. The van der Waals surface area contributed by atoms with Gasteiger partial charge in [0.2, 0.25) is 11.2 Å². The maximum Gasteiger partial charge on any atom is 0.408 e. The summed E-state index contributed by atoms with van der Waals surface area (Å²) >= 11 is 0. The molecule has 0 saturated carbocycles. The fraction of sp³-hybridized carbons (Fsp3) is 0.233. The first-order valence-corrected chi connectivity index (χ1v) is 12.3. The monoisotopic (exact) mass is 515 g/mol. The Morgan fingerprint density at radius 3 is 2.32 bits per heavy atom. The van der Waals surface area contributed by atoms with Gasteiger partial charge in [-0.2, -0.15) is 0 Å². The van der Waals surface area contributed by atoms with Gasteiger partial charge in [-0.15, -0.1) is 0 Å². The van der Waals surface area contributed by atoms with Crippen molar-refractivity contribution in [3.63, 3.8) is 0 Å². The van der Waals surface area contributed by atoms with Gasteiger partial charge >= 0.3 is 12.1 Å². The number of carbonyl (C=O) groups excluding carboxylic acids is 2. The predicted molar refractivity (Wildman–Crippen MR) is 142 cm³/mol. The average molecular weight is 516 g/mol. The van der Waals surface area contributed by atoms with Crippen LogP contribution in [0, 0.1) is 12.8 Å². The molecule has 0 unspecified atom stereocenters. The third-order valence-electron chi connectivity index (χ3n) is 6.12. The van der Waals surface area contributed by atoms with Crippen molar-refractivity contribution >= 4 is 23.0 Å². The van der Waals surface area contributed by atoms with Gasteiger partial charge in [0, 0.05) is 6.07 Å². The van der Waals surface area contributed by atoms with E-state index in [-0.39, 0.29) is 46.2 Å². The Morgan fingerprint density at radius 1 is 0.947 bits per heavy atom. The second-order valence-electron chi connectivity index (χ2n) is 8.88. The second kappa shape index (κ2) is 12.1. The number of fused-ring (bicyclic) bond motifs is 1. The van der Waals surface area contributed by atoms with Gasteiger partial charge in [-0.05, 0) is 42.7 Å². The number of benzene rings is 3. The molecule has 0 saturated heterocycles. The van der Waals surface area contributed by atoms with Gasteiger partial charge < -0.3 is 23.9 Å². The first-order chi connectivity index (χ1) is 18.4. The molecule has 0 aliphatic carbocycles. The van der Waals surface area contributed by atoms with Crippen LogP contribution in [-0.4, -0.2) is 18.1 Å². The average Bonchev–Trinajstić information content (AvgIpc) is 2.93. The van der Waals surface area contributed by atoms with Crippen LogP contribution in [-0.2, 0) is 16.1 Å². The number of ether oxygens (including phenoxy) is 3. The van der Waals surface area contributed by atoms with E-state index in [1.807, 2.05) is 50.2 Å². The van der Waals surface area contributed by atoms with Gasteiger partial charge in [-0.3, -0.25) is 4.79 Å². The summed E-state index contributed by atoms with van der Waals surface area (Å²) in [6.45, 7) is 5.45. The number of hydrogen-bond donors (Lipinski definition) is 1. The quantitative estimate of drug-likeness (QED) is 0.211. The van der Waals surface area contributed by atoms with E-state index in [1.165, 1.54) is 18.2 Å². The minimum Gasteiger partial charge on any atom is -0.457 e. The highest BCUT2D eigenvalue weighted by Gasteiger charge is 2.29. The molecule has 0 fully saturated rings. The van der Waals surface area contributed by atoms with Crippen molar-refractivity contribution in [3.8, 4) is 17.2 Å². The lowest BCUT2D eigenvalue weighted by Crippen LogP contribution is -2.47. The van der Waals surface area contributed by atoms with Gasteiger partial charge in [0.15, 0.2) is 0 Å². The van der Waals surface area contributed by atoms with Crippen LogP contribution in [0.5, 0.6) is 17.2 Å². The third-order valence-corrected chi connectivity index (χ3v) is 6.12. The van der Waals surface area contributed by atoms with Crippen LogP contribution in [0.4, 0.5) is 4.79 Å². The molecule has 0 spiro atoms. The van der Waals surface area contributed by atoms with E-state index in [0.717, 1.165) is 5.56 Å². The van der Waals surface area contributed by atoms with Crippen molar-refractivity contribution in [2.45, 2.75) is 39.8 Å². The van der Waals surface area contributed by atoms with E-state index >= 15 is 0 Å². The lowest BCUT2D eigenvalue weighted by molar-refractivity contribution is -0.138. The minimum atomic E-state index is -0.936. The van der Waals surface area contributed by atoms with Crippen LogP contribution in [0.1, 0.15) is 31.6 Å². The highest BCUT2D eigenvalue weighted by Crippen LogP contribution is 2.27. The van der Waals surface area contributed by atoms with Crippen molar-refractivity contribution < 1.29 is 28.2 Å². The maximum absolute atomic E-state index is 13.1. The Bertz CT molecular complexity index is 1460. The Labute approximate surface area is 220 Å². The molecule has 0 bridgehead atoms. The van der Waals surface area contributed by atoms with E-state index < -0.39 is 18.1 Å². The molecule has 1 N–H and O–H groups in total. The summed E-state index contributed by atoms with van der Waals surface area (Å²) in [4.78, 5) is 38.5. The van der Waals surface area contributed by atoms with Crippen LogP contribution >= 0.6 is 0 Å². The number of esters is 1. The molecule has 4 rings (SSSR count). The van der Waals surface area contributed by atoms with Crippen molar-refractivity contribution in [1.82, 2.24) is 5.32 Å². The Balaban J connectivity index is 1.48. The number of rotatable bonds is 9. The van der Waals surface area contributed by atoms with Gasteiger partial charge in [0.1, 0.15) is 35.5 Å². The zero-order valence-corrected chi connectivity index (χ0v) is 21.4. The van der Waals surface area contributed by atoms with E-state index in [2.05, 4.69) is 5.32 Å². The fourth-order valence-corrected chi connectivity index (χ4v) is 3.80. The van der Waals surface area contributed by atoms with Crippen molar-refractivity contribution in [1.29, 1.82) is 0 Å². The zero-order chi connectivity index (χ0) is 27.1. The van der Waals surface area contributed by atoms with Crippen molar-refractivity contribution in [2.75, 3.05) is 0 Å². The fourth-order valence-electron chi connectivity index (χ4n) is 3.80. The van der Waals surface area contributed by atoms with Gasteiger partial charge in [0.05, 0.1) is 5.39 Å². The molecule has 0 aliphatic rings. The molecule has 1 heterocycles. The predicted octanol–water partition coefficient (Wildman–Crippen LogP) is 6.14. The summed E-state index contributed by atoms with van der Waals surface area (Å²) in [6.07, 6.45) is -0.100. The summed E-state index contributed by atoms with van der Waals surface area (Å²) in [6, 6.07) is 21.7. The second-order valence-corrected chi connectivity index (χ2v) is 8.88. The zero-order valence-electron chi connectivity index (χ0n) is 21.4. The third kappa shape index (κ3) is 6.39. The molecule has 1 aromatic heterocycles. The molecular formula is C30H29NO7. The van der Waals surface area contributed by atoms with Gasteiger partial charge in [-0.1, -0.05) is 68.8 Å². The molecule has 1 amide bonds. The molecule has 3 aromatic carbocycles. The SMILES string of the molecule is CC[C@H](C)[C@H](NC(=O)OCc1ccccc1)C(=O)Oc1ccc2c(=O)c(Oc3ccccc3)c(C)oc2c1. The molecule has 196 valence electrons. The summed E-state index contributed by atoms with van der Waals surface area (Å²) in [5, 5.41) is 2.90. The number of amides is 1. The van der Waals surface area contributed by atoms with Crippen LogP contribution in [0.25, 0.3) is 11.0 Å². The Hall–Kier alpha value is -4.59. The van der Waals surface area contributed by atoms with E-state index in [1.54, 1.807) is 31.2 Å². The summed E-state index contributed by atoms with van der Waals surface area (Å²) in [5.41, 5.74) is 0.731. The summed E-state index contributed by atoms with van der Waals surface area (Å²) in [7, 11) is 0. The van der Waals surface area contributed by atoms with Crippen LogP contribution < -0.4 is 20.2 Å². The number of carbonyl (C=O) groups is 2. The maximum atomic E-state index is 13.1. The molecule has 8 nitrogen and oxygen atoms in total. The Kier molecular flexibility index (Phi) is 8.43. The number of para-hydroxylation sites is 1. The van der Waals surface area contributed by atoms with Gasteiger partial charge in [0.25, 0.3) is 0 Å². The van der Waals surface area contributed by atoms with E-state index in [0.29, 0.717) is 12.2 Å². The van der Waals surface area contributed by atoms with E-state index in [4.69, 9.17) is 18.6 Å². The van der Waals surface area contributed by atoms with Crippen LogP contribution in [0.3, 0.4) is 0 Å². The molecular weight excluding hydrogens is 486 g/mol. The number of nitrogens with one attached hydrogen (secondary N) is 1.